The Morgan fingerprint density at radius 1 is 1.33 bits per heavy atom. The first-order chi connectivity index (χ1) is 10.1. The Kier molecular flexibility index (Phi) is 5.52. The monoisotopic (exact) mass is 308 g/mol. The number of anilines is 1. The van der Waals surface area contributed by atoms with Crippen molar-refractivity contribution >= 4 is 28.8 Å². The topological polar surface area (TPSA) is 46.0 Å². The smallest absolute Gasteiger partial charge is 0.283 e. The van der Waals surface area contributed by atoms with Crippen molar-refractivity contribution in [3.63, 3.8) is 0 Å². The lowest BCUT2D eigenvalue weighted by Crippen LogP contribution is -3.12. The van der Waals surface area contributed by atoms with E-state index >= 15 is 0 Å². The lowest BCUT2D eigenvalue weighted by molar-refractivity contribution is -0.883. The zero-order valence-electron chi connectivity index (χ0n) is 12.5. The molecule has 0 aromatic heterocycles. The fourth-order valence-electron chi connectivity index (χ4n) is 2.22. The highest BCUT2D eigenvalue weighted by molar-refractivity contribution is 7.82. The molecule has 114 valence electrons. The van der Waals surface area contributed by atoms with Crippen LogP contribution in [0.25, 0.3) is 0 Å². The van der Waals surface area contributed by atoms with Gasteiger partial charge in [-0.3, -0.25) is 4.79 Å². The van der Waals surface area contributed by atoms with Gasteiger partial charge < -0.3 is 19.9 Å². The van der Waals surface area contributed by atoms with Crippen molar-refractivity contribution < 1.29 is 14.4 Å². The second-order valence-electron chi connectivity index (χ2n) is 5.16. The molecule has 1 amide bonds. The molecule has 1 aromatic rings. The van der Waals surface area contributed by atoms with Gasteiger partial charge in [0.25, 0.3) is 5.91 Å². The van der Waals surface area contributed by atoms with Crippen molar-refractivity contribution in [2.75, 3.05) is 45.2 Å². The highest BCUT2D eigenvalue weighted by Crippen LogP contribution is 2.15. The third kappa shape index (κ3) is 4.41. The summed E-state index contributed by atoms with van der Waals surface area (Å²) in [4.78, 5) is 16.0. The first-order valence-electron chi connectivity index (χ1n) is 7.24. The largest absolute Gasteiger partial charge is 0.494 e. The van der Waals surface area contributed by atoms with Gasteiger partial charge in [0, 0.05) is 5.69 Å². The Labute approximate surface area is 130 Å². The molecule has 1 aliphatic rings. The summed E-state index contributed by atoms with van der Waals surface area (Å²) in [5.41, 5.74) is 0.727. The van der Waals surface area contributed by atoms with Gasteiger partial charge in [-0.25, -0.2) is 0 Å². The van der Waals surface area contributed by atoms with Crippen molar-refractivity contribution in [3.8, 4) is 5.75 Å². The number of piperazine rings is 1. The average molecular weight is 308 g/mol. The number of hydrogen-bond donors (Lipinski definition) is 2. The molecule has 0 atom stereocenters. The van der Waals surface area contributed by atoms with Gasteiger partial charge in [-0.1, -0.05) is 12.2 Å². The van der Waals surface area contributed by atoms with Crippen molar-refractivity contribution in [1.29, 1.82) is 0 Å². The molecule has 1 fully saturated rings. The summed E-state index contributed by atoms with van der Waals surface area (Å²) >= 11 is 5.28. The van der Waals surface area contributed by atoms with Gasteiger partial charge in [-0.15, -0.1) is 0 Å². The minimum absolute atomic E-state index is 0.214. The Morgan fingerprint density at radius 3 is 2.52 bits per heavy atom. The molecular formula is C15H22N3O2S+. The van der Waals surface area contributed by atoms with Gasteiger partial charge in [-0.2, -0.15) is 0 Å². The molecule has 0 spiro atoms. The predicted molar refractivity (Wildman–Crippen MR) is 87.0 cm³/mol. The molecule has 2 N–H and O–H groups in total. The van der Waals surface area contributed by atoms with E-state index in [-0.39, 0.29) is 5.91 Å². The summed E-state index contributed by atoms with van der Waals surface area (Å²) in [6, 6.07) is 7.31. The van der Waals surface area contributed by atoms with Gasteiger partial charge in [0.2, 0.25) is 0 Å². The number of amides is 1. The van der Waals surface area contributed by atoms with E-state index in [2.05, 4.69) is 12.4 Å². The Hall–Kier alpha value is -1.66. The van der Waals surface area contributed by atoms with Crippen LogP contribution in [0.3, 0.4) is 0 Å². The number of hydrogen-bond acceptors (Lipinski definition) is 3. The molecule has 1 saturated heterocycles. The molecular weight excluding hydrogens is 286 g/mol. The molecule has 0 bridgehead atoms. The van der Waals surface area contributed by atoms with E-state index in [1.54, 1.807) is 0 Å². The van der Waals surface area contributed by atoms with Crippen molar-refractivity contribution in [1.82, 2.24) is 4.90 Å². The minimum Gasteiger partial charge on any atom is -0.494 e. The van der Waals surface area contributed by atoms with Crippen LogP contribution in [0.2, 0.25) is 0 Å². The predicted octanol–water partition coefficient (Wildman–Crippen LogP) is 0.182. The maximum atomic E-state index is 12.2. The third-order valence-corrected chi connectivity index (χ3v) is 3.97. The molecule has 0 unspecified atom stereocenters. The SMILES string of the molecule is CCOc1ccc(NC(=O)C(=S)N2CC[NH+](C)CC2)cc1. The molecule has 1 heterocycles. The summed E-state index contributed by atoms with van der Waals surface area (Å²) in [7, 11) is 2.15. The second-order valence-corrected chi connectivity index (χ2v) is 5.55. The number of carbonyl (C=O) groups is 1. The maximum Gasteiger partial charge on any atom is 0.283 e. The van der Waals surface area contributed by atoms with E-state index < -0.39 is 0 Å². The number of nitrogens with one attached hydrogen (secondary N) is 2. The summed E-state index contributed by atoms with van der Waals surface area (Å²) in [6.07, 6.45) is 0. The van der Waals surface area contributed by atoms with Gasteiger partial charge in [0.05, 0.1) is 39.8 Å². The normalized spacial score (nSPS) is 15.6. The van der Waals surface area contributed by atoms with E-state index in [1.807, 2.05) is 36.1 Å². The first-order valence-corrected chi connectivity index (χ1v) is 7.65. The fraction of sp³-hybridized carbons (Fsp3) is 0.467. The van der Waals surface area contributed by atoms with Crippen LogP contribution in [-0.2, 0) is 4.79 Å². The standard InChI is InChI=1S/C15H21N3O2S/c1-3-20-13-6-4-12(5-7-13)16-14(19)15(21)18-10-8-17(2)9-11-18/h4-7H,3,8-11H2,1-2H3,(H,16,19)/p+1. The van der Waals surface area contributed by atoms with Crippen LogP contribution in [0.5, 0.6) is 5.75 Å². The molecule has 2 rings (SSSR count). The number of nitrogens with zero attached hydrogens (tertiary/aromatic N) is 1. The lowest BCUT2D eigenvalue weighted by atomic mass is 10.3. The molecule has 6 heteroatoms. The Morgan fingerprint density at radius 2 is 1.95 bits per heavy atom. The van der Waals surface area contributed by atoms with Gasteiger partial charge in [0.1, 0.15) is 5.75 Å². The van der Waals surface area contributed by atoms with Crippen LogP contribution in [0.4, 0.5) is 5.69 Å². The van der Waals surface area contributed by atoms with Crippen LogP contribution < -0.4 is 15.0 Å². The van der Waals surface area contributed by atoms with Crippen LogP contribution >= 0.6 is 12.2 Å². The first kappa shape index (κ1) is 15.7. The van der Waals surface area contributed by atoms with Crippen molar-refractivity contribution in [3.05, 3.63) is 24.3 Å². The van der Waals surface area contributed by atoms with Crippen LogP contribution in [0, 0.1) is 0 Å². The fourth-order valence-corrected chi connectivity index (χ4v) is 2.45. The van der Waals surface area contributed by atoms with Crippen LogP contribution in [-0.4, -0.2) is 55.6 Å². The summed E-state index contributed by atoms with van der Waals surface area (Å²) in [5.74, 6) is 0.578. The van der Waals surface area contributed by atoms with E-state index in [4.69, 9.17) is 17.0 Å². The molecule has 5 nitrogen and oxygen atoms in total. The molecule has 1 aliphatic heterocycles. The Balaban J connectivity index is 1.89. The van der Waals surface area contributed by atoms with Gasteiger partial charge in [-0.05, 0) is 31.2 Å². The molecule has 1 aromatic carbocycles. The number of benzene rings is 1. The van der Waals surface area contributed by atoms with E-state index in [1.165, 1.54) is 4.90 Å². The second kappa shape index (κ2) is 7.38. The zero-order chi connectivity index (χ0) is 15.2. The summed E-state index contributed by atoms with van der Waals surface area (Å²) in [5, 5.41) is 2.84. The van der Waals surface area contributed by atoms with E-state index in [0.717, 1.165) is 37.6 Å². The lowest BCUT2D eigenvalue weighted by Gasteiger charge is -2.31. The minimum atomic E-state index is -0.214. The van der Waals surface area contributed by atoms with Crippen LogP contribution in [0.15, 0.2) is 24.3 Å². The van der Waals surface area contributed by atoms with E-state index in [9.17, 15) is 4.79 Å². The van der Waals surface area contributed by atoms with Gasteiger partial charge in [0.15, 0.2) is 4.99 Å². The number of rotatable bonds is 3. The number of quaternary nitrogens is 1. The third-order valence-electron chi connectivity index (χ3n) is 3.52. The summed E-state index contributed by atoms with van der Waals surface area (Å²) < 4.78 is 5.37. The molecule has 21 heavy (non-hydrogen) atoms. The quantitative estimate of drug-likeness (QED) is 0.782. The molecule has 0 aliphatic carbocycles. The van der Waals surface area contributed by atoms with Crippen LogP contribution in [0.1, 0.15) is 6.92 Å². The Bertz CT molecular complexity index is 496. The molecule has 0 radical (unpaired) electrons. The number of ether oxygens (including phenoxy) is 1. The average Bonchev–Trinajstić information content (AvgIpc) is 2.49. The summed E-state index contributed by atoms with van der Waals surface area (Å²) in [6.45, 7) is 6.25. The number of carbonyl (C=O) groups excluding carboxylic acids is 1. The van der Waals surface area contributed by atoms with Gasteiger partial charge >= 0.3 is 0 Å². The highest BCUT2D eigenvalue weighted by atomic mass is 32.1. The number of thiocarbonyl (C=S) groups is 1. The van der Waals surface area contributed by atoms with Crippen molar-refractivity contribution in [2.24, 2.45) is 0 Å². The van der Waals surface area contributed by atoms with E-state index in [0.29, 0.717) is 11.6 Å². The highest BCUT2D eigenvalue weighted by Gasteiger charge is 2.23. The zero-order valence-corrected chi connectivity index (χ0v) is 13.3. The van der Waals surface area contributed by atoms with Crippen molar-refractivity contribution in [2.45, 2.75) is 6.92 Å². The number of likely N-dealkylation sites (N-methyl/N-ethyl adjacent to an activating group) is 1. The molecule has 0 saturated carbocycles. The maximum absolute atomic E-state index is 12.2.